The van der Waals surface area contributed by atoms with Crippen LogP contribution in [0.25, 0.3) is 10.8 Å². The van der Waals surface area contributed by atoms with Gasteiger partial charge in [0.25, 0.3) is 5.56 Å². The number of nitrogens with zero attached hydrogens (tertiary/aromatic N) is 1. The zero-order valence-electron chi connectivity index (χ0n) is 15.2. The van der Waals surface area contributed by atoms with Crippen molar-refractivity contribution >= 4 is 10.8 Å². The Bertz CT molecular complexity index is 771. The molecule has 2 heterocycles. The number of H-pyrrole nitrogens is 1. The molecule has 0 saturated carbocycles. The monoisotopic (exact) mass is 328 g/mol. The predicted octanol–water partition coefficient (Wildman–Crippen LogP) is 3.64. The number of hydrogen-bond acceptors (Lipinski definition) is 3. The summed E-state index contributed by atoms with van der Waals surface area (Å²) in [4.78, 5) is 17.3. The van der Waals surface area contributed by atoms with Crippen molar-refractivity contribution < 1.29 is 4.74 Å². The van der Waals surface area contributed by atoms with E-state index in [0.717, 1.165) is 53.6 Å². The quantitative estimate of drug-likeness (QED) is 0.932. The summed E-state index contributed by atoms with van der Waals surface area (Å²) < 4.78 is 6.30. The van der Waals surface area contributed by atoms with Gasteiger partial charge in [0, 0.05) is 31.2 Å². The lowest BCUT2D eigenvalue weighted by Gasteiger charge is -2.33. The van der Waals surface area contributed by atoms with Crippen molar-refractivity contribution in [2.75, 3.05) is 19.6 Å². The van der Waals surface area contributed by atoms with E-state index in [-0.39, 0.29) is 11.7 Å². The van der Waals surface area contributed by atoms with Crippen molar-refractivity contribution in [3.63, 3.8) is 0 Å². The van der Waals surface area contributed by atoms with Crippen LogP contribution in [-0.2, 0) is 0 Å². The number of aromatic nitrogens is 1. The molecule has 0 amide bonds. The molecule has 2 aromatic rings. The molecule has 0 atom stereocenters. The first-order chi connectivity index (χ1) is 11.4. The van der Waals surface area contributed by atoms with Crippen LogP contribution in [0.15, 0.2) is 23.1 Å². The van der Waals surface area contributed by atoms with Crippen molar-refractivity contribution in [2.45, 2.75) is 46.6 Å². The zero-order chi connectivity index (χ0) is 17.3. The van der Waals surface area contributed by atoms with Gasteiger partial charge in [-0.15, -0.1) is 0 Å². The molecule has 3 rings (SSSR count). The summed E-state index contributed by atoms with van der Waals surface area (Å²) in [6, 6.07) is 3.99. The van der Waals surface area contributed by atoms with Crippen LogP contribution in [0.1, 0.15) is 37.8 Å². The van der Waals surface area contributed by atoms with Crippen LogP contribution in [0.4, 0.5) is 0 Å². The second-order valence-electron chi connectivity index (χ2n) is 7.48. The molecule has 0 unspecified atom stereocenters. The van der Waals surface area contributed by atoms with Crippen LogP contribution in [0.2, 0.25) is 0 Å². The molecule has 4 nitrogen and oxygen atoms in total. The van der Waals surface area contributed by atoms with Gasteiger partial charge in [-0.1, -0.05) is 13.8 Å². The van der Waals surface area contributed by atoms with Crippen LogP contribution < -0.4 is 10.3 Å². The smallest absolute Gasteiger partial charge is 0.255 e. The Kier molecular flexibility index (Phi) is 4.95. The molecule has 1 aromatic carbocycles. The van der Waals surface area contributed by atoms with Crippen LogP contribution in [0.3, 0.4) is 0 Å². The summed E-state index contributed by atoms with van der Waals surface area (Å²) >= 11 is 0. The van der Waals surface area contributed by atoms with Gasteiger partial charge >= 0.3 is 0 Å². The number of piperidine rings is 1. The molecule has 0 radical (unpaired) electrons. The van der Waals surface area contributed by atoms with Gasteiger partial charge in [0.15, 0.2) is 0 Å². The predicted molar refractivity (Wildman–Crippen MR) is 99.0 cm³/mol. The third-order valence-corrected chi connectivity index (χ3v) is 4.86. The van der Waals surface area contributed by atoms with Gasteiger partial charge in [0.2, 0.25) is 0 Å². The Morgan fingerprint density at radius 2 is 1.88 bits per heavy atom. The van der Waals surface area contributed by atoms with Crippen molar-refractivity contribution in [3.8, 4) is 5.75 Å². The SMILES string of the molecule is Cc1cc2c(=O)[nH]cc(C)c2cc1OC1CCN(CC(C)C)CC1. The summed E-state index contributed by atoms with van der Waals surface area (Å²) in [7, 11) is 0. The Labute approximate surface area is 143 Å². The van der Waals surface area contributed by atoms with E-state index in [1.165, 1.54) is 6.54 Å². The van der Waals surface area contributed by atoms with E-state index in [1.807, 2.05) is 26.0 Å². The first-order valence-corrected chi connectivity index (χ1v) is 8.95. The van der Waals surface area contributed by atoms with Gasteiger partial charge in [-0.25, -0.2) is 0 Å². The van der Waals surface area contributed by atoms with Gasteiger partial charge in [0.05, 0.1) is 0 Å². The first kappa shape index (κ1) is 17.0. The number of likely N-dealkylation sites (tertiary alicyclic amines) is 1. The van der Waals surface area contributed by atoms with Gasteiger partial charge in [-0.3, -0.25) is 4.79 Å². The number of pyridine rings is 1. The minimum absolute atomic E-state index is 0.0350. The molecular formula is C20H28N2O2. The maximum atomic E-state index is 12.0. The maximum absolute atomic E-state index is 12.0. The summed E-state index contributed by atoms with van der Waals surface area (Å²) in [5.41, 5.74) is 2.07. The number of nitrogens with one attached hydrogen (secondary N) is 1. The molecule has 1 fully saturated rings. The normalized spacial score (nSPS) is 16.9. The van der Waals surface area contributed by atoms with Gasteiger partial charge < -0.3 is 14.6 Å². The number of hydrogen-bond donors (Lipinski definition) is 1. The average Bonchev–Trinajstić information content (AvgIpc) is 2.54. The van der Waals surface area contributed by atoms with Crippen LogP contribution >= 0.6 is 0 Å². The van der Waals surface area contributed by atoms with E-state index >= 15 is 0 Å². The first-order valence-electron chi connectivity index (χ1n) is 8.95. The molecule has 24 heavy (non-hydrogen) atoms. The topological polar surface area (TPSA) is 45.3 Å². The van der Waals surface area contributed by atoms with E-state index in [9.17, 15) is 4.79 Å². The molecular weight excluding hydrogens is 300 g/mol. The number of ether oxygens (including phenoxy) is 1. The largest absolute Gasteiger partial charge is 0.490 e. The molecule has 1 aromatic heterocycles. The van der Waals surface area contributed by atoms with E-state index in [0.29, 0.717) is 5.92 Å². The second kappa shape index (κ2) is 6.98. The van der Waals surface area contributed by atoms with E-state index < -0.39 is 0 Å². The number of aromatic amines is 1. The van der Waals surface area contributed by atoms with Crippen molar-refractivity contribution in [3.05, 3.63) is 39.8 Å². The number of aryl methyl sites for hydroxylation is 2. The minimum atomic E-state index is -0.0350. The van der Waals surface area contributed by atoms with Crippen LogP contribution in [-0.4, -0.2) is 35.6 Å². The lowest BCUT2D eigenvalue weighted by Crippen LogP contribution is -2.40. The molecule has 4 heteroatoms. The molecule has 1 aliphatic rings. The van der Waals surface area contributed by atoms with Gasteiger partial charge in [-0.05, 0) is 61.3 Å². The van der Waals surface area contributed by atoms with E-state index in [4.69, 9.17) is 4.74 Å². The third kappa shape index (κ3) is 3.64. The van der Waals surface area contributed by atoms with Crippen LogP contribution in [0.5, 0.6) is 5.75 Å². The lowest BCUT2D eigenvalue weighted by molar-refractivity contribution is 0.0937. The average molecular weight is 328 g/mol. The lowest BCUT2D eigenvalue weighted by atomic mass is 10.0. The molecule has 0 bridgehead atoms. The summed E-state index contributed by atoms with van der Waals surface area (Å²) in [5.74, 6) is 1.63. The maximum Gasteiger partial charge on any atom is 0.255 e. The Balaban J connectivity index is 1.75. The summed E-state index contributed by atoms with van der Waals surface area (Å²) in [6.45, 7) is 12.0. The Hall–Kier alpha value is -1.81. The van der Waals surface area contributed by atoms with E-state index in [1.54, 1.807) is 6.20 Å². The highest BCUT2D eigenvalue weighted by atomic mass is 16.5. The van der Waals surface area contributed by atoms with Crippen molar-refractivity contribution in [2.24, 2.45) is 5.92 Å². The highest BCUT2D eigenvalue weighted by Gasteiger charge is 2.21. The number of fused-ring (bicyclic) bond motifs is 1. The number of benzene rings is 1. The van der Waals surface area contributed by atoms with Gasteiger partial charge in [0.1, 0.15) is 11.9 Å². The van der Waals surface area contributed by atoms with Gasteiger partial charge in [-0.2, -0.15) is 0 Å². The molecule has 130 valence electrons. The highest BCUT2D eigenvalue weighted by Crippen LogP contribution is 2.28. The fourth-order valence-corrected chi connectivity index (χ4v) is 3.56. The minimum Gasteiger partial charge on any atom is -0.490 e. The second-order valence-corrected chi connectivity index (χ2v) is 7.48. The molecule has 1 saturated heterocycles. The third-order valence-electron chi connectivity index (χ3n) is 4.86. The summed E-state index contributed by atoms with van der Waals surface area (Å²) in [6.07, 6.45) is 4.18. The summed E-state index contributed by atoms with van der Waals surface area (Å²) in [5, 5.41) is 1.73. The number of rotatable bonds is 4. The molecule has 1 N–H and O–H groups in total. The van der Waals surface area contributed by atoms with E-state index in [2.05, 4.69) is 23.7 Å². The molecule has 0 spiro atoms. The van der Waals surface area contributed by atoms with Crippen molar-refractivity contribution in [1.29, 1.82) is 0 Å². The Morgan fingerprint density at radius 1 is 1.17 bits per heavy atom. The molecule has 1 aliphatic heterocycles. The fourth-order valence-electron chi connectivity index (χ4n) is 3.56. The zero-order valence-corrected chi connectivity index (χ0v) is 15.2. The van der Waals surface area contributed by atoms with Crippen molar-refractivity contribution in [1.82, 2.24) is 9.88 Å². The molecule has 0 aliphatic carbocycles. The standard InChI is InChI=1S/C20H28N2O2/c1-13(2)12-22-7-5-16(6-8-22)24-19-10-17-15(4)11-21-20(23)18(17)9-14(19)3/h9-11,13,16H,5-8,12H2,1-4H3,(H,21,23). The van der Waals surface area contributed by atoms with Crippen LogP contribution in [0, 0.1) is 19.8 Å². The Morgan fingerprint density at radius 3 is 2.54 bits per heavy atom. The fraction of sp³-hybridized carbons (Fsp3) is 0.550. The highest BCUT2D eigenvalue weighted by molar-refractivity contribution is 5.86.